The van der Waals surface area contributed by atoms with Gasteiger partial charge in [-0.05, 0) is 24.0 Å². The Morgan fingerprint density at radius 2 is 1.79 bits per heavy atom. The van der Waals surface area contributed by atoms with Crippen molar-refractivity contribution in [3.05, 3.63) is 53.6 Å². The van der Waals surface area contributed by atoms with E-state index in [1.807, 2.05) is 6.07 Å². The maximum Gasteiger partial charge on any atom is -0.0219 e. The summed E-state index contributed by atoms with van der Waals surface area (Å²) in [6.45, 7) is 6.49. The zero-order chi connectivity index (χ0) is 10.4. The highest BCUT2D eigenvalue weighted by Gasteiger charge is 1.98. The van der Waals surface area contributed by atoms with E-state index in [0.29, 0.717) is 5.92 Å². The summed E-state index contributed by atoms with van der Waals surface area (Å²) >= 11 is 0. The van der Waals surface area contributed by atoms with Gasteiger partial charge in [-0.2, -0.15) is 0 Å². The number of hydrogen-bond donors (Lipinski definition) is 0. The summed E-state index contributed by atoms with van der Waals surface area (Å²) in [7, 11) is 0. The third-order valence-corrected chi connectivity index (χ3v) is 2.16. The number of rotatable bonds is 3. The second-order valence-corrected chi connectivity index (χ2v) is 3.71. The summed E-state index contributed by atoms with van der Waals surface area (Å²) in [4.78, 5) is 0. The molecule has 0 aromatic heterocycles. The minimum Gasteiger partial charge on any atom is -0.0874 e. The van der Waals surface area contributed by atoms with Crippen LogP contribution in [-0.2, 0) is 0 Å². The highest BCUT2D eigenvalue weighted by molar-refractivity contribution is 5.56. The molecule has 1 aromatic carbocycles. The van der Waals surface area contributed by atoms with E-state index in [2.05, 4.69) is 63.3 Å². The Kier molecular flexibility index (Phi) is 4.18. The van der Waals surface area contributed by atoms with E-state index in [9.17, 15) is 0 Å². The molecule has 0 nitrogen and oxygen atoms in total. The van der Waals surface area contributed by atoms with Gasteiger partial charge in [-0.25, -0.2) is 0 Å². The van der Waals surface area contributed by atoms with Crippen LogP contribution in [0.3, 0.4) is 0 Å². The van der Waals surface area contributed by atoms with E-state index >= 15 is 0 Å². The van der Waals surface area contributed by atoms with Crippen LogP contribution in [0.1, 0.15) is 26.3 Å². The first kappa shape index (κ1) is 10.8. The summed E-state index contributed by atoms with van der Waals surface area (Å²) < 4.78 is 0. The molecule has 0 saturated heterocycles. The van der Waals surface area contributed by atoms with Crippen molar-refractivity contribution in [2.24, 2.45) is 5.92 Å². The van der Waals surface area contributed by atoms with Gasteiger partial charge in [-0.3, -0.25) is 0 Å². The number of allylic oxidation sites excluding steroid dienone is 3. The van der Waals surface area contributed by atoms with E-state index < -0.39 is 0 Å². The minimum atomic E-state index is 0.575. The maximum absolute atomic E-state index is 2.24. The molecule has 0 aliphatic carbocycles. The van der Waals surface area contributed by atoms with Crippen LogP contribution < -0.4 is 0 Å². The zero-order valence-corrected chi connectivity index (χ0v) is 9.20. The SMILES string of the molecule is C/C=C\C(=C/c1ccccc1)C(C)C. The monoisotopic (exact) mass is 186 g/mol. The molecule has 0 aliphatic heterocycles. The second-order valence-electron chi connectivity index (χ2n) is 3.71. The molecular weight excluding hydrogens is 168 g/mol. The molecule has 0 bridgehead atoms. The topological polar surface area (TPSA) is 0 Å². The Hall–Kier alpha value is -1.30. The van der Waals surface area contributed by atoms with Gasteiger partial charge in [0.15, 0.2) is 0 Å². The molecule has 0 heterocycles. The van der Waals surface area contributed by atoms with E-state index in [1.165, 1.54) is 11.1 Å². The first-order valence-electron chi connectivity index (χ1n) is 5.13. The predicted octanol–water partition coefficient (Wildman–Crippen LogP) is 4.30. The predicted molar refractivity (Wildman–Crippen MR) is 64.1 cm³/mol. The van der Waals surface area contributed by atoms with E-state index in [-0.39, 0.29) is 0 Å². The third kappa shape index (κ3) is 3.21. The van der Waals surface area contributed by atoms with Gasteiger partial charge in [-0.1, -0.05) is 62.4 Å². The van der Waals surface area contributed by atoms with Crippen molar-refractivity contribution < 1.29 is 0 Å². The van der Waals surface area contributed by atoms with Crippen LogP contribution in [0.15, 0.2) is 48.1 Å². The van der Waals surface area contributed by atoms with Crippen molar-refractivity contribution in [3.8, 4) is 0 Å². The van der Waals surface area contributed by atoms with Crippen molar-refractivity contribution in [1.29, 1.82) is 0 Å². The molecule has 0 amide bonds. The molecule has 1 rings (SSSR count). The number of hydrogen-bond acceptors (Lipinski definition) is 0. The Labute approximate surface area is 87.0 Å². The fourth-order valence-electron chi connectivity index (χ4n) is 1.34. The van der Waals surface area contributed by atoms with Gasteiger partial charge in [-0.15, -0.1) is 0 Å². The highest BCUT2D eigenvalue weighted by atomic mass is 14.0. The third-order valence-electron chi connectivity index (χ3n) is 2.16. The smallest absolute Gasteiger partial charge is 0.0219 e. The molecule has 14 heavy (non-hydrogen) atoms. The first-order valence-corrected chi connectivity index (χ1v) is 5.13. The van der Waals surface area contributed by atoms with Crippen molar-refractivity contribution in [1.82, 2.24) is 0 Å². The normalized spacial score (nSPS) is 12.7. The lowest BCUT2D eigenvalue weighted by atomic mass is 10.00. The Bertz CT molecular complexity index is 315. The zero-order valence-electron chi connectivity index (χ0n) is 9.20. The fourth-order valence-corrected chi connectivity index (χ4v) is 1.34. The largest absolute Gasteiger partial charge is 0.0874 e. The molecule has 0 atom stereocenters. The van der Waals surface area contributed by atoms with Gasteiger partial charge in [0, 0.05) is 0 Å². The van der Waals surface area contributed by atoms with Gasteiger partial charge in [0.05, 0.1) is 0 Å². The minimum absolute atomic E-state index is 0.575. The van der Waals surface area contributed by atoms with E-state index in [0.717, 1.165) is 0 Å². The summed E-state index contributed by atoms with van der Waals surface area (Å²) in [5, 5.41) is 0. The lowest BCUT2D eigenvalue weighted by Crippen LogP contribution is -1.89. The maximum atomic E-state index is 2.24. The summed E-state index contributed by atoms with van der Waals surface area (Å²) in [5.74, 6) is 0.575. The van der Waals surface area contributed by atoms with E-state index in [1.54, 1.807) is 0 Å². The highest BCUT2D eigenvalue weighted by Crippen LogP contribution is 2.15. The van der Waals surface area contributed by atoms with Gasteiger partial charge in [0.1, 0.15) is 0 Å². The van der Waals surface area contributed by atoms with Crippen LogP contribution in [-0.4, -0.2) is 0 Å². The molecule has 74 valence electrons. The molecule has 0 unspecified atom stereocenters. The average molecular weight is 186 g/mol. The molecule has 0 radical (unpaired) electrons. The van der Waals surface area contributed by atoms with Gasteiger partial charge < -0.3 is 0 Å². The van der Waals surface area contributed by atoms with E-state index in [4.69, 9.17) is 0 Å². The van der Waals surface area contributed by atoms with Crippen LogP contribution in [0.5, 0.6) is 0 Å². The average Bonchev–Trinajstić information content (AvgIpc) is 2.18. The van der Waals surface area contributed by atoms with Crippen LogP contribution in [0.4, 0.5) is 0 Å². The molecule has 0 saturated carbocycles. The molecule has 0 N–H and O–H groups in total. The lowest BCUT2D eigenvalue weighted by Gasteiger charge is -2.06. The van der Waals surface area contributed by atoms with Gasteiger partial charge in [0.2, 0.25) is 0 Å². The Morgan fingerprint density at radius 1 is 1.14 bits per heavy atom. The Morgan fingerprint density at radius 3 is 2.29 bits per heavy atom. The molecule has 0 fully saturated rings. The van der Waals surface area contributed by atoms with Crippen molar-refractivity contribution in [2.45, 2.75) is 20.8 Å². The van der Waals surface area contributed by atoms with Crippen LogP contribution in [0.25, 0.3) is 6.08 Å². The molecule has 0 spiro atoms. The Balaban J connectivity index is 2.94. The summed E-state index contributed by atoms with van der Waals surface area (Å²) in [6.07, 6.45) is 6.51. The van der Waals surface area contributed by atoms with Crippen LogP contribution >= 0.6 is 0 Å². The van der Waals surface area contributed by atoms with Crippen molar-refractivity contribution in [3.63, 3.8) is 0 Å². The first-order chi connectivity index (χ1) is 6.74. The van der Waals surface area contributed by atoms with Crippen LogP contribution in [0, 0.1) is 5.92 Å². The molecule has 0 heteroatoms. The molecular formula is C14H18. The lowest BCUT2D eigenvalue weighted by molar-refractivity contribution is 0.797. The summed E-state index contributed by atoms with van der Waals surface area (Å²) in [5.41, 5.74) is 2.65. The standard InChI is InChI=1S/C14H18/c1-4-8-14(12(2)3)11-13-9-6-5-7-10-13/h4-12H,1-3H3/b8-4-,14-11+. The van der Waals surface area contributed by atoms with Gasteiger partial charge >= 0.3 is 0 Å². The molecule has 1 aromatic rings. The molecule has 0 aliphatic rings. The van der Waals surface area contributed by atoms with Gasteiger partial charge in [0.25, 0.3) is 0 Å². The van der Waals surface area contributed by atoms with Crippen molar-refractivity contribution in [2.75, 3.05) is 0 Å². The number of benzene rings is 1. The van der Waals surface area contributed by atoms with Crippen molar-refractivity contribution >= 4 is 6.08 Å². The fraction of sp³-hybridized carbons (Fsp3) is 0.286. The van der Waals surface area contributed by atoms with Crippen LogP contribution in [0.2, 0.25) is 0 Å². The quantitative estimate of drug-likeness (QED) is 0.617. The summed E-state index contributed by atoms with van der Waals surface area (Å²) in [6, 6.07) is 10.4. The second kappa shape index (κ2) is 5.43.